The molecule has 0 aromatic carbocycles. The Morgan fingerprint density at radius 2 is 2.23 bits per heavy atom. The minimum atomic E-state index is -3.65. The van der Waals surface area contributed by atoms with Gasteiger partial charge in [-0.3, -0.25) is 4.79 Å². The highest BCUT2D eigenvalue weighted by Gasteiger charge is 2.35. The van der Waals surface area contributed by atoms with Crippen LogP contribution in [0.25, 0.3) is 11.3 Å². The fraction of sp³-hybridized carbons (Fsp3) is 0.529. The molecular formula is C17H22N2O5S2. The molecule has 0 N–H and O–H groups in total. The quantitative estimate of drug-likeness (QED) is 0.719. The Kier molecular flexibility index (Phi) is 5.50. The fourth-order valence-electron chi connectivity index (χ4n) is 3.00. The molecule has 1 fully saturated rings. The van der Waals surface area contributed by atoms with Crippen molar-refractivity contribution in [1.29, 1.82) is 0 Å². The third kappa shape index (κ3) is 3.56. The average molecular weight is 399 g/mol. The van der Waals surface area contributed by atoms with Crippen LogP contribution in [0.1, 0.15) is 31.0 Å². The highest BCUT2D eigenvalue weighted by Crippen LogP contribution is 2.34. The molecule has 2 aromatic rings. The first-order valence-electron chi connectivity index (χ1n) is 8.53. The van der Waals surface area contributed by atoms with Crippen LogP contribution in [0.3, 0.4) is 0 Å². The van der Waals surface area contributed by atoms with Gasteiger partial charge in [0.05, 0.1) is 18.2 Å². The topological polar surface area (TPSA) is 89.7 Å². The Bertz CT molecular complexity index is 900. The molecule has 0 unspecified atom stereocenters. The zero-order valence-electron chi connectivity index (χ0n) is 15.0. The second-order valence-electron chi connectivity index (χ2n) is 6.33. The monoisotopic (exact) mass is 398 g/mol. The van der Waals surface area contributed by atoms with Crippen molar-refractivity contribution in [2.24, 2.45) is 5.92 Å². The highest BCUT2D eigenvalue weighted by atomic mass is 32.2. The minimum absolute atomic E-state index is 0.162. The van der Waals surface area contributed by atoms with Gasteiger partial charge in [-0.2, -0.15) is 4.31 Å². The molecule has 0 bridgehead atoms. The van der Waals surface area contributed by atoms with E-state index in [1.807, 2.05) is 13.8 Å². The van der Waals surface area contributed by atoms with Crippen LogP contribution in [0.5, 0.6) is 0 Å². The number of carbonyl (C=O) groups is 1. The molecule has 0 spiro atoms. The first-order chi connectivity index (χ1) is 12.3. The number of ether oxygens (including phenoxy) is 1. The van der Waals surface area contributed by atoms with Gasteiger partial charge >= 0.3 is 5.97 Å². The zero-order valence-corrected chi connectivity index (χ0v) is 16.7. The standard InChI is InChI=1S/C17H22N2O5S2/c1-4-23-17(20)13-6-5-7-19(9-13)26(21,22)15-8-14(10-25-15)16-11(2)12(3)18-24-16/h8,10,13H,4-7,9H2,1-3H3/t13-/m1/s1. The van der Waals surface area contributed by atoms with Gasteiger partial charge in [-0.15, -0.1) is 11.3 Å². The summed E-state index contributed by atoms with van der Waals surface area (Å²) in [6.45, 7) is 6.35. The number of aryl methyl sites for hydroxylation is 1. The predicted octanol–water partition coefficient (Wildman–Crippen LogP) is 2.98. The predicted molar refractivity (Wildman–Crippen MR) is 97.4 cm³/mol. The van der Waals surface area contributed by atoms with Crippen molar-refractivity contribution in [2.75, 3.05) is 19.7 Å². The van der Waals surface area contributed by atoms with E-state index >= 15 is 0 Å². The van der Waals surface area contributed by atoms with Crippen LogP contribution in [0.4, 0.5) is 0 Å². The average Bonchev–Trinajstić information content (AvgIpc) is 3.23. The Labute approximate surface area is 157 Å². The summed E-state index contributed by atoms with van der Waals surface area (Å²) >= 11 is 1.15. The summed E-state index contributed by atoms with van der Waals surface area (Å²) in [6.07, 6.45) is 1.29. The van der Waals surface area contributed by atoms with Gasteiger partial charge in [-0.05, 0) is 39.7 Å². The summed E-state index contributed by atoms with van der Waals surface area (Å²) in [5.74, 6) is -0.146. The Balaban J connectivity index is 1.82. The normalized spacial score (nSPS) is 18.8. The van der Waals surface area contributed by atoms with Crippen molar-refractivity contribution < 1.29 is 22.5 Å². The van der Waals surface area contributed by atoms with E-state index in [1.54, 1.807) is 18.4 Å². The number of esters is 1. The van der Waals surface area contributed by atoms with E-state index < -0.39 is 15.9 Å². The molecule has 142 valence electrons. The first kappa shape index (κ1) is 19.1. The lowest BCUT2D eigenvalue weighted by Gasteiger charge is -2.30. The van der Waals surface area contributed by atoms with Gasteiger partial charge in [0.15, 0.2) is 5.76 Å². The third-order valence-corrected chi connectivity index (χ3v) is 7.87. The van der Waals surface area contributed by atoms with Gasteiger partial charge in [0, 0.05) is 29.6 Å². The van der Waals surface area contributed by atoms with E-state index in [-0.39, 0.29) is 16.7 Å². The number of nitrogens with zero attached hydrogens (tertiary/aromatic N) is 2. The fourth-order valence-corrected chi connectivity index (χ4v) is 5.83. The van der Waals surface area contributed by atoms with E-state index in [4.69, 9.17) is 9.26 Å². The minimum Gasteiger partial charge on any atom is -0.466 e. The molecule has 0 amide bonds. The van der Waals surface area contributed by atoms with Gasteiger partial charge in [0.25, 0.3) is 10.0 Å². The Morgan fingerprint density at radius 3 is 2.88 bits per heavy atom. The van der Waals surface area contributed by atoms with Crippen molar-refractivity contribution in [2.45, 2.75) is 37.8 Å². The van der Waals surface area contributed by atoms with Crippen LogP contribution in [0.15, 0.2) is 20.2 Å². The number of carbonyl (C=O) groups excluding carboxylic acids is 1. The molecule has 3 heterocycles. The van der Waals surface area contributed by atoms with Gasteiger partial charge < -0.3 is 9.26 Å². The van der Waals surface area contributed by atoms with Crippen molar-refractivity contribution >= 4 is 27.3 Å². The molecule has 26 heavy (non-hydrogen) atoms. The molecule has 7 nitrogen and oxygen atoms in total. The number of aromatic nitrogens is 1. The molecular weight excluding hydrogens is 376 g/mol. The maximum Gasteiger partial charge on any atom is 0.310 e. The highest BCUT2D eigenvalue weighted by molar-refractivity contribution is 7.91. The van der Waals surface area contributed by atoms with Gasteiger partial charge in [0.2, 0.25) is 0 Å². The molecule has 9 heteroatoms. The van der Waals surface area contributed by atoms with Crippen LogP contribution < -0.4 is 0 Å². The van der Waals surface area contributed by atoms with Crippen LogP contribution >= 0.6 is 11.3 Å². The van der Waals surface area contributed by atoms with E-state index in [9.17, 15) is 13.2 Å². The second kappa shape index (κ2) is 7.50. The van der Waals surface area contributed by atoms with Gasteiger partial charge in [-0.1, -0.05) is 5.16 Å². The molecule has 0 radical (unpaired) electrons. The molecule has 0 saturated carbocycles. The number of piperidine rings is 1. The maximum absolute atomic E-state index is 13.0. The second-order valence-corrected chi connectivity index (χ2v) is 9.41. The summed E-state index contributed by atoms with van der Waals surface area (Å²) in [5, 5.41) is 5.68. The zero-order chi connectivity index (χ0) is 18.9. The van der Waals surface area contributed by atoms with Crippen molar-refractivity contribution in [3.05, 3.63) is 22.7 Å². The molecule has 0 aliphatic carbocycles. The Hall–Kier alpha value is -1.71. The van der Waals surface area contributed by atoms with E-state index in [0.29, 0.717) is 37.3 Å². The largest absolute Gasteiger partial charge is 0.466 e. The van der Waals surface area contributed by atoms with Gasteiger partial charge in [-0.25, -0.2) is 8.42 Å². The number of hydrogen-bond acceptors (Lipinski definition) is 7. The lowest BCUT2D eigenvalue weighted by atomic mass is 10.0. The number of sulfonamides is 1. The molecule has 1 aliphatic rings. The summed E-state index contributed by atoms with van der Waals surface area (Å²) in [5.41, 5.74) is 2.38. The SMILES string of the molecule is CCOC(=O)[C@@H]1CCCN(S(=O)(=O)c2cc(-c3onc(C)c3C)cs2)C1. The van der Waals surface area contributed by atoms with E-state index in [1.165, 1.54) is 4.31 Å². The van der Waals surface area contributed by atoms with Crippen molar-refractivity contribution in [1.82, 2.24) is 9.46 Å². The van der Waals surface area contributed by atoms with Crippen molar-refractivity contribution in [3.63, 3.8) is 0 Å². The third-order valence-electron chi connectivity index (χ3n) is 4.59. The molecule has 1 atom stereocenters. The summed E-state index contributed by atoms with van der Waals surface area (Å²) < 4.78 is 38.0. The van der Waals surface area contributed by atoms with E-state index in [2.05, 4.69) is 5.16 Å². The van der Waals surface area contributed by atoms with Crippen LogP contribution in [0.2, 0.25) is 0 Å². The molecule has 3 rings (SSSR count). The van der Waals surface area contributed by atoms with E-state index in [0.717, 1.165) is 22.6 Å². The van der Waals surface area contributed by atoms with Gasteiger partial charge in [0.1, 0.15) is 4.21 Å². The molecule has 2 aromatic heterocycles. The molecule has 1 aliphatic heterocycles. The smallest absolute Gasteiger partial charge is 0.310 e. The van der Waals surface area contributed by atoms with Crippen LogP contribution in [-0.2, 0) is 19.6 Å². The number of hydrogen-bond donors (Lipinski definition) is 0. The first-order valence-corrected chi connectivity index (χ1v) is 10.8. The summed E-state index contributed by atoms with van der Waals surface area (Å²) in [7, 11) is -3.65. The van der Waals surface area contributed by atoms with Crippen molar-refractivity contribution in [3.8, 4) is 11.3 Å². The summed E-state index contributed by atoms with van der Waals surface area (Å²) in [4.78, 5) is 12.0. The van der Waals surface area contributed by atoms with Crippen LogP contribution in [-0.4, -0.2) is 43.5 Å². The lowest BCUT2D eigenvalue weighted by molar-refractivity contribution is -0.149. The summed E-state index contributed by atoms with van der Waals surface area (Å²) in [6, 6.07) is 1.61. The number of rotatable bonds is 5. The number of thiophene rings is 1. The Morgan fingerprint density at radius 1 is 1.46 bits per heavy atom. The lowest BCUT2D eigenvalue weighted by Crippen LogP contribution is -2.42. The molecule has 1 saturated heterocycles. The maximum atomic E-state index is 13.0. The van der Waals surface area contributed by atoms with Crippen LogP contribution in [0, 0.1) is 19.8 Å².